The Balaban J connectivity index is 1.51. The van der Waals surface area contributed by atoms with Gasteiger partial charge in [0.05, 0.1) is 13.2 Å². The van der Waals surface area contributed by atoms with Gasteiger partial charge in [-0.05, 0) is 67.2 Å². The first-order valence-electron chi connectivity index (χ1n) is 11.3. The Morgan fingerprint density at radius 2 is 1.70 bits per heavy atom. The van der Waals surface area contributed by atoms with Crippen LogP contribution in [0, 0.1) is 11.7 Å². The summed E-state index contributed by atoms with van der Waals surface area (Å²) < 4.78 is 18.5. The summed E-state index contributed by atoms with van der Waals surface area (Å²) in [6, 6.07) is 12.9. The molecule has 0 saturated carbocycles. The molecule has 0 radical (unpaired) electrons. The quantitative estimate of drug-likeness (QED) is 0.598. The molecule has 2 aliphatic rings. The average molecular weight is 456 g/mol. The van der Waals surface area contributed by atoms with E-state index in [9.17, 15) is 19.1 Å². The molecule has 1 unspecified atom stereocenters. The summed E-state index contributed by atoms with van der Waals surface area (Å²) in [6.07, 6.45) is 1.83. The number of aromatic hydroxyl groups is 1. The second-order valence-corrected chi connectivity index (χ2v) is 8.87. The summed E-state index contributed by atoms with van der Waals surface area (Å²) in [5, 5.41) is 12.5. The number of hydrogen-bond acceptors (Lipinski definition) is 5. The van der Waals surface area contributed by atoms with Crippen LogP contribution in [-0.2, 0) is 22.5 Å². The molecule has 1 atom stereocenters. The molecular weight excluding hydrogens is 425 g/mol. The van der Waals surface area contributed by atoms with Gasteiger partial charge in [0.2, 0.25) is 0 Å². The van der Waals surface area contributed by atoms with E-state index in [-0.39, 0.29) is 36.5 Å². The standard InChI is InChI=1S/C25H30FN3O4/c1-33-15-14-29-23(31)25(27-24(29)32,16-18-2-6-21(26)7-3-18)20-10-12-28(13-11-20)17-19-4-8-22(30)9-5-19/h2-9,20,30H,10-17H2,1H3,(H,27,32). The van der Waals surface area contributed by atoms with Crippen LogP contribution in [-0.4, -0.2) is 65.7 Å². The highest BCUT2D eigenvalue weighted by molar-refractivity contribution is 6.07. The Kier molecular flexibility index (Phi) is 6.95. The minimum absolute atomic E-state index is 0.0392. The van der Waals surface area contributed by atoms with Crippen molar-refractivity contribution in [2.24, 2.45) is 5.92 Å². The molecule has 2 N–H and O–H groups in total. The number of imide groups is 1. The van der Waals surface area contributed by atoms with Gasteiger partial charge in [-0.1, -0.05) is 24.3 Å². The van der Waals surface area contributed by atoms with E-state index >= 15 is 0 Å². The van der Waals surface area contributed by atoms with Crippen LogP contribution >= 0.6 is 0 Å². The summed E-state index contributed by atoms with van der Waals surface area (Å²) in [6.45, 7) is 2.82. The summed E-state index contributed by atoms with van der Waals surface area (Å²) >= 11 is 0. The van der Waals surface area contributed by atoms with Crippen LogP contribution < -0.4 is 5.32 Å². The van der Waals surface area contributed by atoms with Crippen LogP contribution in [0.15, 0.2) is 48.5 Å². The minimum atomic E-state index is -1.05. The lowest BCUT2D eigenvalue weighted by molar-refractivity contribution is -0.134. The molecule has 4 rings (SSSR count). The zero-order valence-electron chi connectivity index (χ0n) is 18.8. The number of piperidine rings is 1. The number of benzene rings is 2. The number of nitrogens with zero attached hydrogens (tertiary/aromatic N) is 2. The SMILES string of the molecule is COCCN1C(=O)NC(Cc2ccc(F)cc2)(C2CCN(Cc3ccc(O)cc3)CC2)C1=O. The van der Waals surface area contributed by atoms with Gasteiger partial charge < -0.3 is 15.2 Å². The number of methoxy groups -OCH3 is 1. The lowest BCUT2D eigenvalue weighted by Gasteiger charge is -2.41. The lowest BCUT2D eigenvalue weighted by Crippen LogP contribution is -2.57. The van der Waals surface area contributed by atoms with Gasteiger partial charge in [-0.3, -0.25) is 14.6 Å². The van der Waals surface area contributed by atoms with Crippen molar-refractivity contribution < 1.29 is 23.8 Å². The number of rotatable bonds is 8. The maximum Gasteiger partial charge on any atom is 0.325 e. The molecule has 0 bridgehead atoms. The van der Waals surface area contributed by atoms with Gasteiger partial charge in [0, 0.05) is 20.1 Å². The number of ether oxygens (including phenoxy) is 1. The van der Waals surface area contributed by atoms with Crippen molar-refractivity contribution in [3.05, 3.63) is 65.5 Å². The third-order valence-electron chi connectivity index (χ3n) is 6.74. The van der Waals surface area contributed by atoms with Crippen LogP contribution in [0.2, 0.25) is 0 Å². The number of nitrogens with one attached hydrogen (secondary N) is 1. The number of likely N-dealkylation sites (tertiary alicyclic amines) is 1. The second kappa shape index (κ2) is 9.89. The highest BCUT2D eigenvalue weighted by atomic mass is 19.1. The fraction of sp³-hybridized carbons (Fsp3) is 0.440. The van der Waals surface area contributed by atoms with Crippen LogP contribution in [0.4, 0.5) is 9.18 Å². The molecule has 3 amide bonds. The largest absolute Gasteiger partial charge is 0.508 e. The summed E-state index contributed by atoms with van der Waals surface area (Å²) in [5.74, 6) is -0.360. The first-order valence-corrected chi connectivity index (χ1v) is 11.3. The van der Waals surface area contributed by atoms with Crippen molar-refractivity contribution in [2.45, 2.75) is 31.3 Å². The Morgan fingerprint density at radius 1 is 1.06 bits per heavy atom. The van der Waals surface area contributed by atoms with E-state index in [1.807, 2.05) is 12.1 Å². The normalized spacial score (nSPS) is 22.1. The maximum absolute atomic E-state index is 13.6. The Labute approximate surface area is 193 Å². The average Bonchev–Trinajstić information content (AvgIpc) is 3.05. The second-order valence-electron chi connectivity index (χ2n) is 8.87. The molecule has 2 fully saturated rings. The van der Waals surface area contributed by atoms with Gasteiger partial charge in [0.1, 0.15) is 17.1 Å². The number of amides is 3. The Morgan fingerprint density at radius 3 is 2.33 bits per heavy atom. The predicted molar refractivity (Wildman–Crippen MR) is 121 cm³/mol. The third-order valence-corrected chi connectivity index (χ3v) is 6.74. The summed E-state index contributed by atoms with van der Waals surface area (Å²) in [7, 11) is 1.54. The third kappa shape index (κ3) is 5.02. The molecule has 2 aromatic carbocycles. The molecule has 0 aromatic heterocycles. The smallest absolute Gasteiger partial charge is 0.325 e. The van der Waals surface area contributed by atoms with Gasteiger partial charge in [0.15, 0.2) is 0 Å². The fourth-order valence-electron chi connectivity index (χ4n) is 4.94. The molecule has 0 spiro atoms. The van der Waals surface area contributed by atoms with Crippen molar-refractivity contribution in [1.29, 1.82) is 0 Å². The number of urea groups is 1. The van der Waals surface area contributed by atoms with E-state index in [0.717, 1.165) is 43.6 Å². The van der Waals surface area contributed by atoms with Crippen LogP contribution in [0.3, 0.4) is 0 Å². The minimum Gasteiger partial charge on any atom is -0.508 e. The lowest BCUT2D eigenvalue weighted by atomic mass is 9.74. The van der Waals surface area contributed by atoms with Gasteiger partial charge in [-0.15, -0.1) is 0 Å². The van der Waals surface area contributed by atoms with E-state index in [1.165, 1.54) is 24.1 Å². The zero-order valence-corrected chi connectivity index (χ0v) is 18.8. The summed E-state index contributed by atoms with van der Waals surface area (Å²) in [5.41, 5.74) is 0.876. The Hall–Kier alpha value is -2.97. The molecule has 2 aromatic rings. The van der Waals surface area contributed by atoms with Crippen LogP contribution in [0.1, 0.15) is 24.0 Å². The summed E-state index contributed by atoms with van der Waals surface area (Å²) in [4.78, 5) is 29.9. The molecular formula is C25H30FN3O4. The molecule has 7 nitrogen and oxygen atoms in total. The number of phenols is 1. The van der Waals surface area contributed by atoms with E-state index < -0.39 is 11.6 Å². The number of carbonyl (C=O) groups excluding carboxylic acids is 2. The van der Waals surface area contributed by atoms with Crippen LogP contribution in [0.25, 0.3) is 0 Å². The molecule has 0 aliphatic carbocycles. The molecule has 2 aliphatic heterocycles. The molecule has 8 heteroatoms. The van der Waals surface area contributed by atoms with E-state index in [0.29, 0.717) is 6.42 Å². The van der Waals surface area contributed by atoms with Crippen LogP contribution in [0.5, 0.6) is 5.75 Å². The number of carbonyl (C=O) groups is 2. The van der Waals surface area contributed by atoms with Crippen molar-refractivity contribution in [3.8, 4) is 5.75 Å². The molecule has 2 heterocycles. The fourth-order valence-corrected chi connectivity index (χ4v) is 4.94. The van der Waals surface area contributed by atoms with Crippen molar-refractivity contribution in [3.63, 3.8) is 0 Å². The van der Waals surface area contributed by atoms with Crippen molar-refractivity contribution >= 4 is 11.9 Å². The zero-order chi connectivity index (χ0) is 23.4. The monoisotopic (exact) mass is 455 g/mol. The number of phenolic OH excluding ortho intramolecular Hbond substituents is 1. The highest BCUT2D eigenvalue weighted by Gasteiger charge is 2.55. The van der Waals surface area contributed by atoms with Gasteiger partial charge in [-0.2, -0.15) is 0 Å². The highest BCUT2D eigenvalue weighted by Crippen LogP contribution is 2.37. The van der Waals surface area contributed by atoms with Crippen molar-refractivity contribution in [1.82, 2.24) is 15.1 Å². The Bertz CT molecular complexity index is 974. The van der Waals surface area contributed by atoms with E-state index in [1.54, 1.807) is 24.3 Å². The van der Waals surface area contributed by atoms with Gasteiger partial charge >= 0.3 is 6.03 Å². The predicted octanol–water partition coefficient (Wildman–Crippen LogP) is 2.92. The molecule has 176 valence electrons. The number of hydrogen-bond donors (Lipinski definition) is 2. The first-order chi connectivity index (χ1) is 15.9. The van der Waals surface area contributed by atoms with E-state index in [2.05, 4.69) is 10.2 Å². The maximum atomic E-state index is 13.6. The topological polar surface area (TPSA) is 82.1 Å². The first kappa shape index (κ1) is 23.2. The van der Waals surface area contributed by atoms with Crippen molar-refractivity contribution in [2.75, 3.05) is 33.4 Å². The van der Waals surface area contributed by atoms with Gasteiger partial charge in [0.25, 0.3) is 5.91 Å². The van der Waals surface area contributed by atoms with E-state index in [4.69, 9.17) is 4.74 Å². The molecule has 33 heavy (non-hydrogen) atoms. The molecule has 2 saturated heterocycles. The number of halogens is 1. The van der Waals surface area contributed by atoms with Gasteiger partial charge in [-0.25, -0.2) is 9.18 Å².